The Morgan fingerprint density at radius 2 is 2.00 bits per heavy atom. The van der Waals surface area contributed by atoms with Crippen molar-refractivity contribution in [2.24, 2.45) is 0 Å². The second-order valence-corrected chi connectivity index (χ2v) is 4.60. The maximum absolute atomic E-state index is 11.4. The molecule has 0 spiro atoms. The fourth-order valence-electron chi connectivity index (χ4n) is 2.55. The lowest BCUT2D eigenvalue weighted by Crippen LogP contribution is -2.50. The van der Waals surface area contributed by atoms with Crippen LogP contribution in [0.4, 0.5) is 0 Å². The van der Waals surface area contributed by atoms with Crippen molar-refractivity contribution >= 4 is 17.3 Å². The van der Waals surface area contributed by atoms with E-state index in [2.05, 4.69) is 4.98 Å². The number of carbonyl (C=O) groups excluding carboxylic acids is 1. The molecule has 5 heteroatoms. The Labute approximate surface area is 105 Å². The first-order valence-electron chi connectivity index (χ1n) is 6.12. The van der Waals surface area contributed by atoms with Crippen LogP contribution >= 0.6 is 0 Å². The van der Waals surface area contributed by atoms with E-state index in [0.29, 0.717) is 6.29 Å². The minimum atomic E-state index is -1.62. The van der Waals surface area contributed by atoms with Crippen molar-refractivity contribution in [1.82, 2.24) is 14.5 Å². The van der Waals surface area contributed by atoms with Crippen LogP contribution in [0, 0.1) is 0 Å². The number of aldehydes is 1. The quantitative estimate of drug-likeness (QED) is 0.817. The first-order valence-corrected chi connectivity index (χ1v) is 6.12. The zero-order valence-corrected chi connectivity index (χ0v) is 9.99. The van der Waals surface area contributed by atoms with Gasteiger partial charge in [-0.25, -0.2) is 4.98 Å². The van der Waals surface area contributed by atoms with Gasteiger partial charge in [-0.3, -0.25) is 14.3 Å². The average Bonchev–Trinajstić information content (AvgIpc) is 3.07. The Kier molecular flexibility index (Phi) is 2.65. The molecule has 1 unspecified atom stereocenters. The van der Waals surface area contributed by atoms with Gasteiger partial charge in [0.25, 0.3) is 5.85 Å². The molecule has 0 bridgehead atoms. The highest BCUT2D eigenvalue weighted by atomic mass is 16.3. The topological polar surface area (TPSA) is 58.4 Å². The summed E-state index contributed by atoms with van der Waals surface area (Å²) < 4.78 is 1.54. The molecule has 94 valence electrons. The molecule has 1 aliphatic heterocycles. The van der Waals surface area contributed by atoms with E-state index in [0.717, 1.165) is 37.0 Å². The molecule has 2 heterocycles. The Hall–Kier alpha value is -1.72. The van der Waals surface area contributed by atoms with Crippen LogP contribution in [0.25, 0.3) is 11.0 Å². The summed E-state index contributed by atoms with van der Waals surface area (Å²) in [5.74, 6) is -1.62. The van der Waals surface area contributed by atoms with E-state index in [1.165, 1.54) is 6.33 Å². The van der Waals surface area contributed by atoms with E-state index >= 15 is 0 Å². The van der Waals surface area contributed by atoms with Crippen LogP contribution < -0.4 is 0 Å². The fourth-order valence-corrected chi connectivity index (χ4v) is 2.55. The number of aromatic nitrogens is 2. The number of fused-ring (bicyclic) bond motifs is 1. The standard InChI is InChI=1S/C13H15N3O2/c17-9-13(18,15-7-3-4-8-15)16-10-14-11-5-1-2-6-12(11)16/h1-2,5-6,9-10,18H,3-4,7-8H2. The number of rotatable bonds is 3. The normalized spacial score (nSPS) is 20.1. The highest BCUT2D eigenvalue weighted by molar-refractivity contribution is 5.77. The first-order chi connectivity index (χ1) is 8.75. The number of para-hydroxylation sites is 2. The zero-order chi connectivity index (χ0) is 12.6. The first kappa shape index (κ1) is 11.4. The molecule has 0 radical (unpaired) electrons. The summed E-state index contributed by atoms with van der Waals surface area (Å²) in [6.45, 7) is 1.45. The van der Waals surface area contributed by atoms with Gasteiger partial charge in [0.15, 0.2) is 6.29 Å². The predicted octanol–water partition coefficient (Wildman–Crippen LogP) is 0.934. The van der Waals surface area contributed by atoms with E-state index < -0.39 is 5.85 Å². The van der Waals surface area contributed by atoms with Crippen molar-refractivity contribution in [3.05, 3.63) is 30.6 Å². The van der Waals surface area contributed by atoms with Gasteiger partial charge in [0, 0.05) is 13.1 Å². The third-order valence-corrected chi connectivity index (χ3v) is 3.54. The summed E-state index contributed by atoms with van der Waals surface area (Å²) in [5.41, 5.74) is 1.54. The van der Waals surface area contributed by atoms with Crippen LogP contribution in [0.1, 0.15) is 12.8 Å². The minimum absolute atomic E-state index is 0.590. The molecule has 5 nitrogen and oxygen atoms in total. The van der Waals surface area contributed by atoms with Gasteiger partial charge in [-0.1, -0.05) is 12.1 Å². The lowest BCUT2D eigenvalue weighted by Gasteiger charge is -2.33. The molecule has 1 N–H and O–H groups in total. The summed E-state index contributed by atoms with van der Waals surface area (Å²) in [6.07, 6.45) is 4.12. The Bertz CT molecular complexity index is 574. The number of aliphatic hydroxyl groups is 1. The number of hydrogen-bond acceptors (Lipinski definition) is 4. The van der Waals surface area contributed by atoms with Crippen molar-refractivity contribution in [1.29, 1.82) is 0 Å². The molecular formula is C13H15N3O2. The smallest absolute Gasteiger partial charge is 0.262 e. The van der Waals surface area contributed by atoms with Crippen LogP contribution in [-0.2, 0) is 10.6 Å². The predicted molar refractivity (Wildman–Crippen MR) is 66.8 cm³/mol. The number of benzene rings is 1. The maximum Gasteiger partial charge on any atom is 0.262 e. The second kappa shape index (κ2) is 4.19. The van der Waals surface area contributed by atoms with Crippen molar-refractivity contribution in [3.8, 4) is 0 Å². The van der Waals surface area contributed by atoms with Crippen LogP contribution in [-0.4, -0.2) is 38.9 Å². The third kappa shape index (κ3) is 1.55. The minimum Gasteiger partial charge on any atom is -0.352 e. The maximum atomic E-state index is 11.4. The summed E-state index contributed by atoms with van der Waals surface area (Å²) in [4.78, 5) is 17.4. The molecule has 1 saturated heterocycles. The molecule has 1 aromatic heterocycles. The average molecular weight is 245 g/mol. The summed E-state index contributed by atoms with van der Waals surface area (Å²) in [7, 11) is 0. The van der Waals surface area contributed by atoms with Crippen LogP contribution in [0.3, 0.4) is 0 Å². The third-order valence-electron chi connectivity index (χ3n) is 3.54. The molecule has 1 fully saturated rings. The highest BCUT2D eigenvalue weighted by Gasteiger charge is 2.38. The molecule has 1 atom stereocenters. The van der Waals surface area contributed by atoms with Gasteiger partial charge in [-0.05, 0) is 25.0 Å². The Morgan fingerprint density at radius 1 is 1.28 bits per heavy atom. The molecule has 0 amide bonds. The number of likely N-dealkylation sites (tertiary alicyclic amines) is 1. The van der Waals surface area contributed by atoms with Crippen LogP contribution in [0.5, 0.6) is 0 Å². The summed E-state index contributed by atoms with van der Waals surface area (Å²) in [6, 6.07) is 7.47. The molecule has 0 saturated carbocycles. The SMILES string of the molecule is O=CC(O)(N1CCCC1)n1cnc2ccccc21. The monoisotopic (exact) mass is 245 g/mol. The van der Waals surface area contributed by atoms with E-state index in [1.807, 2.05) is 24.3 Å². The lowest BCUT2D eigenvalue weighted by atomic mass is 10.3. The van der Waals surface area contributed by atoms with Gasteiger partial charge in [-0.15, -0.1) is 0 Å². The number of carbonyl (C=O) groups is 1. The Balaban J connectivity index is 2.13. The second-order valence-electron chi connectivity index (χ2n) is 4.60. The molecule has 1 aromatic carbocycles. The van der Waals surface area contributed by atoms with Gasteiger partial charge in [0.05, 0.1) is 17.4 Å². The Morgan fingerprint density at radius 3 is 2.72 bits per heavy atom. The molecule has 3 rings (SSSR count). The van der Waals surface area contributed by atoms with Crippen molar-refractivity contribution in [2.45, 2.75) is 18.7 Å². The van der Waals surface area contributed by atoms with E-state index in [4.69, 9.17) is 0 Å². The van der Waals surface area contributed by atoms with Crippen LogP contribution in [0.2, 0.25) is 0 Å². The largest absolute Gasteiger partial charge is 0.352 e. The number of imidazole rings is 1. The van der Waals surface area contributed by atoms with Gasteiger partial charge in [0.1, 0.15) is 0 Å². The van der Waals surface area contributed by atoms with Crippen molar-refractivity contribution < 1.29 is 9.90 Å². The molecule has 2 aromatic rings. The lowest BCUT2D eigenvalue weighted by molar-refractivity contribution is -0.170. The zero-order valence-electron chi connectivity index (χ0n) is 9.99. The number of nitrogens with zero attached hydrogens (tertiary/aromatic N) is 3. The van der Waals surface area contributed by atoms with Gasteiger partial charge >= 0.3 is 0 Å². The van der Waals surface area contributed by atoms with E-state index in [9.17, 15) is 9.90 Å². The van der Waals surface area contributed by atoms with Gasteiger partial charge in [0.2, 0.25) is 0 Å². The van der Waals surface area contributed by atoms with Gasteiger partial charge < -0.3 is 5.11 Å². The molecular weight excluding hydrogens is 230 g/mol. The van der Waals surface area contributed by atoms with Crippen LogP contribution in [0.15, 0.2) is 30.6 Å². The molecule has 0 aliphatic carbocycles. The summed E-state index contributed by atoms with van der Waals surface area (Å²) >= 11 is 0. The van der Waals surface area contributed by atoms with Crippen molar-refractivity contribution in [2.75, 3.05) is 13.1 Å². The van der Waals surface area contributed by atoms with E-state index in [-0.39, 0.29) is 0 Å². The molecule has 18 heavy (non-hydrogen) atoms. The number of hydrogen-bond donors (Lipinski definition) is 1. The van der Waals surface area contributed by atoms with Gasteiger partial charge in [-0.2, -0.15) is 0 Å². The van der Waals surface area contributed by atoms with E-state index in [1.54, 1.807) is 9.47 Å². The fraction of sp³-hybridized carbons (Fsp3) is 0.385. The molecule has 1 aliphatic rings. The highest BCUT2D eigenvalue weighted by Crippen LogP contribution is 2.26. The van der Waals surface area contributed by atoms with Crippen molar-refractivity contribution in [3.63, 3.8) is 0 Å². The summed E-state index contributed by atoms with van der Waals surface area (Å²) in [5, 5.41) is 10.7.